The van der Waals surface area contributed by atoms with Gasteiger partial charge in [-0.05, 0) is 25.0 Å². The number of carbonyl (C=O) groups is 2. The summed E-state index contributed by atoms with van der Waals surface area (Å²) >= 11 is 5.96. The van der Waals surface area contributed by atoms with Crippen molar-refractivity contribution in [2.24, 2.45) is 0 Å². The van der Waals surface area contributed by atoms with E-state index >= 15 is 0 Å². The van der Waals surface area contributed by atoms with Crippen LogP contribution in [0.4, 0.5) is 0 Å². The fourth-order valence-corrected chi connectivity index (χ4v) is 1.97. The molecular weight excluding hydrogens is 244 g/mol. The van der Waals surface area contributed by atoms with Crippen LogP contribution in [0, 0.1) is 0 Å². The molecule has 1 aromatic carbocycles. The largest absolute Gasteiger partial charge is 0.481 e. The standard InChI is InChI=1S/C12H13ClO4/c1-12(11(16)17,7-6-10(14)15)8-4-2-3-5-9(8)13/h2-5H,6-7H2,1H3,(H,14,15)(H,16,17). The Bertz CT molecular complexity index is 444. The van der Waals surface area contributed by atoms with Crippen molar-refractivity contribution in [1.29, 1.82) is 0 Å². The molecule has 0 aliphatic carbocycles. The second-order valence-electron chi connectivity index (χ2n) is 4.01. The van der Waals surface area contributed by atoms with Gasteiger partial charge < -0.3 is 10.2 Å². The molecule has 0 fully saturated rings. The molecule has 17 heavy (non-hydrogen) atoms. The summed E-state index contributed by atoms with van der Waals surface area (Å²) in [6.45, 7) is 1.49. The van der Waals surface area contributed by atoms with E-state index in [9.17, 15) is 14.7 Å². The molecule has 0 saturated heterocycles. The van der Waals surface area contributed by atoms with Gasteiger partial charge in [-0.1, -0.05) is 29.8 Å². The first kappa shape index (κ1) is 13.5. The van der Waals surface area contributed by atoms with Gasteiger partial charge in [-0.2, -0.15) is 0 Å². The summed E-state index contributed by atoms with van der Waals surface area (Å²) in [4.78, 5) is 21.9. The van der Waals surface area contributed by atoms with E-state index in [2.05, 4.69) is 0 Å². The Kier molecular flexibility index (Phi) is 4.12. The number of hydrogen-bond donors (Lipinski definition) is 2. The SMILES string of the molecule is CC(CCC(=O)O)(C(=O)O)c1ccccc1Cl. The fourth-order valence-electron chi connectivity index (χ4n) is 1.62. The zero-order valence-electron chi connectivity index (χ0n) is 9.31. The van der Waals surface area contributed by atoms with Crippen molar-refractivity contribution in [2.75, 3.05) is 0 Å². The molecule has 0 heterocycles. The molecule has 1 rings (SSSR count). The summed E-state index contributed by atoms with van der Waals surface area (Å²) in [5.74, 6) is -2.10. The summed E-state index contributed by atoms with van der Waals surface area (Å²) < 4.78 is 0. The first-order valence-corrected chi connectivity index (χ1v) is 5.46. The lowest BCUT2D eigenvalue weighted by atomic mass is 9.78. The smallest absolute Gasteiger partial charge is 0.313 e. The molecule has 0 amide bonds. The van der Waals surface area contributed by atoms with Crippen LogP contribution in [-0.2, 0) is 15.0 Å². The molecule has 0 aromatic heterocycles. The average molecular weight is 257 g/mol. The van der Waals surface area contributed by atoms with Crippen molar-refractivity contribution in [3.05, 3.63) is 34.9 Å². The summed E-state index contributed by atoms with van der Waals surface area (Å²) in [5, 5.41) is 18.3. The van der Waals surface area contributed by atoms with Gasteiger partial charge in [0.2, 0.25) is 0 Å². The van der Waals surface area contributed by atoms with Crippen LogP contribution in [0.25, 0.3) is 0 Å². The van der Waals surface area contributed by atoms with Gasteiger partial charge in [-0.3, -0.25) is 9.59 Å². The molecule has 0 spiro atoms. The third kappa shape index (κ3) is 2.97. The van der Waals surface area contributed by atoms with Crippen molar-refractivity contribution < 1.29 is 19.8 Å². The lowest BCUT2D eigenvalue weighted by molar-refractivity contribution is -0.144. The number of carboxylic acid groups (broad SMARTS) is 2. The van der Waals surface area contributed by atoms with E-state index < -0.39 is 17.4 Å². The maximum Gasteiger partial charge on any atom is 0.313 e. The molecule has 0 aliphatic rings. The third-order valence-electron chi connectivity index (χ3n) is 2.78. The Morgan fingerprint density at radius 2 is 1.88 bits per heavy atom. The van der Waals surface area contributed by atoms with Crippen LogP contribution in [0.2, 0.25) is 5.02 Å². The quantitative estimate of drug-likeness (QED) is 0.849. The summed E-state index contributed by atoms with van der Waals surface area (Å²) in [6, 6.07) is 6.59. The molecular formula is C12H13ClO4. The number of hydrogen-bond acceptors (Lipinski definition) is 2. The molecule has 5 heteroatoms. The number of benzene rings is 1. The highest BCUT2D eigenvalue weighted by Gasteiger charge is 2.36. The van der Waals surface area contributed by atoms with Crippen LogP contribution < -0.4 is 0 Å². The molecule has 0 saturated carbocycles. The summed E-state index contributed by atoms with van der Waals surface area (Å²) in [7, 11) is 0. The molecule has 0 aliphatic heterocycles. The van der Waals surface area contributed by atoms with Crippen molar-refractivity contribution in [3.8, 4) is 0 Å². The molecule has 2 N–H and O–H groups in total. The minimum absolute atomic E-state index is 0.00139. The first-order valence-electron chi connectivity index (χ1n) is 5.08. The van der Waals surface area contributed by atoms with E-state index in [1.165, 1.54) is 6.92 Å². The molecule has 4 nitrogen and oxygen atoms in total. The highest BCUT2D eigenvalue weighted by atomic mass is 35.5. The fraction of sp³-hybridized carbons (Fsp3) is 0.333. The zero-order valence-corrected chi connectivity index (χ0v) is 10.1. The van der Waals surface area contributed by atoms with Crippen LogP contribution in [0.3, 0.4) is 0 Å². The highest BCUT2D eigenvalue weighted by molar-refractivity contribution is 6.31. The monoisotopic (exact) mass is 256 g/mol. The van der Waals surface area contributed by atoms with Crippen LogP contribution >= 0.6 is 11.6 Å². The first-order chi connectivity index (χ1) is 7.88. The molecule has 0 radical (unpaired) electrons. The summed E-state index contributed by atoms with van der Waals surface area (Å²) in [6.07, 6.45) is -0.213. The zero-order chi connectivity index (χ0) is 13.1. The second kappa shape index (κ2) is 5.19. The van der Waals surface area contributed by atoms with E-state index in [1.807, 2.05) is 0 Å². The molecule has 0 bridgehead atoms. The normalized spacial score (nSPS) is 14.0. The second-order valence-corrected chi connectivity index (χ2v) is 4.42. The average Bonchev–Trinajstić information content (AvgIpc) is 2.26. The van der Waals surface area contributed by atoms with Crippen molar-refractivity contribution in [3.63, 3.8) is 0 Å². The van der Waals surface area contributed by atoms with Gasteiger partial charge in [0.1, 0.15) is 0 Å². The maximum absolute atomic E-state index is 11.3. The number of rotatable bonds is 5. The maximum atomic E-state index is 11.3. The minimum atomic E-state index is -1.28. The topological polar surface area (TPSA) is 74.6 Å². The Morgan fingerprint density at radius 3 is 2.35 bits per heavy atom. The predicted molar refractivity (Wildman–Crippen MR) is 63.3 cm³/mol. The van der Waals surface area contributed by atoms with E-state index in [-0.39, 0.29) is 12.8 Å². The van der Waals surface area contributed by atoms with Gasteiger partial charge >= 0.3 is 11.9 Å². The Labute approximate surface area is 104 Å². The number of aliphatic carboxylic acids is 2. The van der Waals surface area contributed by atoms with Gasteiger partial charge in [0.25, 0.3) is 0 Å². The van der Waals surface area contributed by atoms with Crippen molar-refractivity contribution >= 4 is 23.5 Å². The Balaban J connectivity index is 3.12. The Hall–Kier alpha value is -1.55. The van der Waals surface area contributed by atoms with Gasteiger partial charge in [0.05, 0.1) is 5.41 Å². The summed E-state index contributed by atoms with van der Waals surface area (Å²) in [5.41, 5.74) is -0.841. The third-order valence-corrected chi connectivity index (χ3v) is 3.11. The molecule has 92 valence electrons. The van der Waals surface area contributed by atoms with Crippen LogP contribution in [0.15, 0.2) is 24.3 Å². The molecule has 1 aromatic rings. The Morgan fingerprint density at radius 1 is 1.29 bits per heavy atom. The lowest BCUT2D eigenvalue weighted by Gasteiger charge is -2.25. The van der Waals surface area contributed by atoms with E-state index in [0.29, 0.717) is 10.6 Å². The van der Waals surface area contributed by atoms with Crippen molar-refractivity contribution in [1.82, 2.24) is 0 Å². The number of carboxylic acids is 2. The van der Waals surface area contributed by atoms with Gasteiger partial charge in [0, 0.05) is 11.4 Å². The van der Waals surface area contributed by atoms with E-state index in [4.69, 9.17) is 16.7 Å². The lowest BCUT2D eigenvalue weighted by Crippen LogP contribution is -2.33. The number of halogens is 1. The predicted octanol–water partition coefficient (Wildman–Crippen LogP) is 2.55. The van der Waals surface area contributed by atoms with Crippen LogP contribution in [0.5, 0.6) is 0 Å². The van der Waals surface area contributed by atoms with Crippen molar-refractivity contribution in [2.45, 2.75) is 25.2 Å². The van der Waals surface area contributed by atoms with E-state index in [0.717, 1.165) is 0 Å². The van der Waals surface area contributed by atoms with Crippen LogP contribution in [-0.4, -0.2) is 22.2 Å². The van der Waals surface area contributed by atoms with Gasteiger partial charge in [0.15, 0.2) is 0 Å². The highest BCUT2D eigenvalue weighted by Crippen LogP contribution is 2.34. The van der Waals surface area contributed by atoms with E-state index in [1.54, 1.807) is 24.3 Å². The van der Waals surface area contributed by atoms with Gasteiger partial charge in [-0.25, -0.2) is 0 Å². The van der Waals surface area contributed by atoms with Crippen LogP contribution in [0.1, 0.15) is 25.3 Å². The minimum Gasteiger partial charge on any atom is -0.481 e. The molecule has 1 atom stereocenters. The van der Waals surface area contributed by atoms with Gasteiger partial charge in [-0.15, -0.1) is 0 Å². The molecule has 1 unspecified atom stereocenters.